The van der Waals surface area contributed by atoms with Gasteiger partial charge in [0.05, 0.1) is 23.3 Å². The minimum Gasteiger partial charge on any atom is -0.495 e. The van der Waals surface area contributed by atoms with Crippen molar-refractivity contribution in [2.24, 2.45) is 5.73 Å². The van der Waals surface area contributed by atoms with Crippen LogP contribution in [0.1, 0.15) is 26.3 Å². The molecule has 0 aromatic heterocycles. The van der Waals surface area contributed by atoms with Gasteiger partial charge >= 0.3 is 5.97 Å². The van der Waals surface area contributed by atoms with Crippen LogP contribution < -0.4 is 19.5 Å². The predicted octanol–water partition coefficient (Wildman–Crippen LogP) is 3.15. The van der Waals surface area contributed by atoms with Crippen molar-refractivity contribution in [3.8, 4) is 11.5 Å². The van der Waals surface area contributed by atoms with Crippen LogP contribution >= 0.6 is 0 Å². The van der Waals surface area contributed by atoms with Gasteiger partial charge in [0.25, 0.3) is 10.0 Å². The molecular weight excluding hydrogens is 432 g/mol. The molecule has 0 radical (unpaired) electrons. The Balaban J connectivity index is 1.95. The van der Waals surface area contributed by atoms with Crippen LogP contribution in [0.15, 0.2) is 71.6 Å². The van der Waals surface area contributed by atoms with Gasteiger partial charge in [-0.2, -0.15) is 0 Å². The van der Waals surface area contributed by atoms with Crippen molar-refractivity contribution in [3.05, 3.63) is 83.4 Å². The number of hydrogen-bond acceptors (Lipinski definition) is 6. The number of nitrogens with two attached hydrogens (primary N) is 1. The largest absolute Gasteiger partial charge is 0.495 e. The third-order valence-corrected chi connectivity index (χ3v) is 6.61. The fourth-order valence-electron chi connectivity index (χ4n) is 3.03. The van der Waals surface area contributed by atoms with E-state index in [-0.39, 0.29) is 21.8 Å². The van der Waals surface area contributed by atoms with Crippen molar-refractivity contribution in [2.45, 2.75) is 11.8 Å². The summed E-state index contributed by atoms with van der Waals surface area (Å²) in [5, 5.41) is 0. The molecule has 166 valence electrons. The number of hydrogen-bond donors (Lipinski definition) is 1. The van der Waals surface area contributed by atoms with E-state index < -0.39 is 21.9 Å². The highest BCUT2D eigenvalue weighted by molar-refractivity contribution is 7.92. The van der Waals surface area contributed by atoms with Crippen LogP contribution in [0.3, 0.4) is 0 Å². The summed E-state index contributed by atoms with van der Waals surface area (Å²) < 4.78 is 38.2. The van der Waals surface area contributed by atoms with Crippen LogP contribution in [0.25, 0.3) is 0 Å². The third kappa shape index (κ3) is 4.57. The first-order valence-corrected chi connectivity index (χ1v) is 10.9. The second kappa shape index (κ2) is 9.11. The molecule has 8 nitrogen and oxygen atoms in total. The van der Waals surface area contributed by atoms with Crippen LogP contribution in [0.2, 0.25) is 0 Å². The third-order valence-electron chi connectivity index (χ3n) is 4.84. The summed E-state index contributed by atoms with van der Waals surface area (Å²) in [6.45, 7) is 1.66. The van der Waals surface area contributed by atoms with Gasteiger partial charge in [-0.25, -0.2) is 13.2 Å². The van der Waals surface area contributed by atoms with Crippen LogP contribution in [-0.2, 0) is 10.0 Å². The molecule has 1 amide bonds. The molecule has 0 fully saturated rings. The maximum atomic E-state index is 13.2. The minimum absolute atomic E-state index is 0.0731. The Bertz CT molecular complexity index is 1290. The van der Waals surface area contributed by atoms with E-state index in [0.29, 0.717) is 17.0 Å². The lowest BCUT2D eigenvalue weighted by Gasteiger charge is -2.22. The monoisotopic (exact) mass is 454 g/mol. The van der Waals surface area contributed by atoms with Crippen molar-refractivity contribution in [3.63, 3.8) is 0 Å². The zero-order valence-corrected chi connectivity index (χ0v) is 18.5. The van der Waals surface area contributed by atoms with Gasteiger partial charge in [0, 0.05) is 12.6 Å². The molecule has 2 N–H and O–H groups in total. The molecule has 32 heavy (non-hydrogen) atoms. The lowest BCUT2D eigenvalue weighted by Crippen LogP contribution is -2.27. The normalized spacial score (nSPS) is 11.0. The highest BCUT2D eigenvalue weighted by Crippen LogP contribution is 2.31. The highest BCUT2D eigenvalue weighted by atomic mass is 32.2. The number of anilines is 1. The van der Waals surface area contributed by atoms with Crippen LogP contribution in [0.5, 0.6) is 11.5 Å². The summed E-state index contributed by atoms with van der Waals surface area (Å²) in [6, 6.07) is 16.8. The Hall–Kier alpha value is -3.85. The molecule has 0 saturated heterocycles. The lowest BCUT2D eigenvalue weighted by atomic mass is 10.1. The highest BCUT2D eigenvalue weighted by Gasteiger charge is 2.25. The molecule has 0 aliphatic rings. The maximum absolute atomic E-state index is 13.2. The predicted molar refractivity (Wildman–Crippen MR) is 120 cm³/mol. The van der Waals surface area contributed by atoms with E-state index in [4.69, 9.17) is 15.2 Å². The smallest absolute Gasteiger partial charge is 0.343 e. The van der Waals surface area contributed by atoms with E-state index >= 15 is 0 Å². The summed E-state index contributed by atoms with van der Waals surface area (Å²) in [6.07, 6.45) is 0. The summed E-state index contributed by atoms with van der Waals surface area (Å²) in [7, 11) is -1.15. The summed E-state index contributed by atoms with van der Waals surface area (Å²) in [4.78, 5) is 24.0. The van der Waals surface area contributed by atoms with Gasteiger partial charge in [0.2, 0.25) is 5.91 Å². The van der Waals surface area contributed by atoms with Crippen molar-refractivity contribution < 1.29 is 27.5 Å². The molecular formula is C23H22N2O6S. The number of carbonyl (C=O) groups excluding carboxylic acids is 2. The number of benzene rings is 3. The summed E-state index contributed by atoms with van der Waals surface area (Å²) >= 11 is 0. The van der Waals surface area contributed by atoms with E-state index in [1.54, 1.807) is 31.2 Å². The van der Waals surface area contributed by atoms with Crippen LogP contribution in [0, 0.1) is 6.92 Å². The average Bonchev–Trinajstić information content (AvgIpc) is 2.78. The number of rotatable bonds is 7. The standard InChI is InChI=1S/C23H22N2O6S/c1-15-11-12-18(32(28,29)25(2)20-9-4-5-10-21(20)30-3)14-19(15)23(27)31-17-8-6-7-16(13-17)22(24)26/h4-14H,1-3H3,(H2,24,26). The summed E-state index contributed by atoms with van der Waals surface area (Å²) in [5.74, 6) is -0.919. The Kier molecular flexibility index (Phi) is 6.50. The molecule has 0 unspecified atom stereocenters. The Labute approximate surface area is 186 Å². The maximum Gasteiger partial charge on any atom is 0.343 e. The van der Waals surface area contributed by atoms with Crippen molar-refractivity contribution in [1.29, 1.82) is 0 Å². The fraction of sp³-hybridized carbons (Fsp3) is 0.130. The van der Waals surface area contributed by atoms with Gasteiger partial charge in [-0.05, 0) is 55.0 Å². The van der Waals surface area contributed by atoms with E-state index in [1.807, 2.05) is 0 Å². The number of ether oxygens (including phenoxy) is 2. The second-order valence-corrected chi connectivity index (χ2v) is 8.87. The van der Waals surface area contributed by atoms with Crippen LogP contribution in [0.4, 0.5) is 5.69 Å². The van der Waals surface area contributed by atoms with Gasteiger partial charge in [-0.1, -0.05) is 24.3 Å². The first-order chi connectivity index (χ1) is 15.1. The Morgan fingerprint density at radius 1 is 0.969 bits per heavy atom. The molecule has 3 aromatic rings. The Morgan fingerprint density at radius 3 is 2.38 bits per heavy atom. The SMILES string of the molecule is COc1ccccc1N(C)S(=O)(=O)c1ccc(C)c(C(=O)Oc2cccc(C(N)=O)c2)c1. The van der Waals surface area contributed by atoms with Gasteiger partial charge in [-0.15, -0.1) is 0 Å². The van der Waals surface area contributed by atoms with Crippen molar-refractivity contribution in [2.75, 3.05) is 18.5 Å². The number of sulfonamides is 1. The number of carbonyl (C=O) groups is 2. The van der Waals surface area contributed by atoms with Gasteiger partial charge in [0.15, 0.2) is 0 Å². The zero-order valence-electron chi connectivity index (χ0n) is 17.7. The first kappa shape index (κ1) is 22.8. The molecule has 3 rings (SSSR count). The molecule has 0 aliphatic carbocycles. The topological polar surface area (TPSA) is 116 Å². The van der Waals surface area contributed by atoms with Crippen molar-refractivity contribution in [1.82, 2.24) is 0 Å². The van der Waals surface area contributed by atoms with Gasteiger partial charge in [0.1, 0.15) is 11.5 Å². The number of primary amides is 1. The molecule has 0 saturated carbocycles. The zero-order chi connectivity index (χ0) is 23.5. The number of esters is 1. The minimum atomic E-state index is -4.00. The summed E-state index contributed by atoms with van der Waals surface area (Å²) in [5.41, 5.74) is 6.39. The number of para-hydroxylation sites is 2. The fourth-order valence-corrected chi connectivity index (χ4v) is 4.27. The molecule has 0 heterocycles. The molecule has 0 bridgehead atoms. The van der Waals surface area contributed by atoms with E-state index in [9.17, 15) is 18.0 Å². The van der Waals surface area contributed by atoms with Gasteiger partial charge in [-0.3, -0.25) is 9.10 Å². The van der Waals surface area contributed by atoms with Crippen LogP contribution in [-0.4, -0.2) is 34.5 Å². The van der Waals surface area contributed by atoms with Gasteiger partial charge < -0.3 is 15.2 Å². The molecule has 0 spiro atoms. The first-order valence-electron chi connectivity index (χ1n) is 9.50. The van der Waals surface area contributed by atoms with E-state index in [1.165, 1.54) is 56.6 Å². The molecule has 3 aromatic carbocycles. The number of nitrogens with zero attached hydrogens (tertiary/aromatic N) is 1. The second-order valence-electron chi connectivity index (χ2n) is 6.90. The quantitative estimate of drug-likeness (QED) is 0.433. The number of aryl methyl sites for hydroxylation is 1. The number of amides is 1. The average molecular weight is 455 g/mol. The van der Waals surface area contributed by atoms with E-state index in [0.717, 1.165) is 4.31 Å². The van der Waals surface area contributed by atoms with E-state index in [2.05, 4.69) is 0 Å². The Morgan fingerprint density at radius 2 is 1.69 bits per heavy atom. The van der Waals surface area contributed by atoms with Crippen molar-refractivity contribution >= 4 is 27.6 Å². The molecule has 0 atom stereocenters. The molecule has 0 aliphatic heterocycles. The number of methoxy groups -OCH3 is 1. The lowest BCUT2D eigenvalue weighted by molar-refractivity contribution is 0.0732. The molecule has 9 heteroatoms.